The molecule has 7 heteroatoms. The molecule has 0 saturated carbocycles. The maximum atomic E-state index is 6.18. The number of nitrogens with zero attached hydrogens (tertiary/aromatic N) is 3. The summed E-state index contributed by atoms with van der Waals surface area (Å²) in [5, 5.41) is 0.909. The Bertz CT molecular complexity index is 525. The van der Waals surface area contributed by atoms with Crippen LogP contribution in [0.2, 0.25) is 0 Å². The fourth-order valence-corrected chi connectivity index (χ4v) is 3.09. The first-order valence-electron chi connectivity index (χ1n) is 5.95. The van der Waals surface area contributed by atoms with E-state index in [0.717, 1.165) is 35.9 Å². The fourth-order valence-electron chi connectivity index (χ4n) is 2.05. The van der Waals surface area contributed by atoms with Crippen molar-refractivity contribution in [3.8, 4) is 0 Å². The highest BCUT2D eigenvalue weighted by Crippen LogP contribution is 2.25. The predicted octanol–water partition coefficient (Wildman–Crippen LogP) is 0.809. The van der Waals surface area contributed by atoms with Gasteiger partial charge in [0.05, 0.1) is 12.9 Å². The van der Waals surface area contributed by atoms with Gasteiger partial charge in [-0.3, -0.25) is 0 Å². The standard InChI is InChI=1S/C11H15N5OS/c12-8(7-1-2-17-3-7)4-18-11-9-10(14-5-13-9)15-6-16-11/h5-8H,1-4,12H2,(H,13,14,15,16). The monoisotopic (exact) mass is 265 g/mol. The topological polar surface area (TPSA) is 89.7 Å². The summed E-state index contributed by atoms with van der Waals surface area (Å²) >= 11 is 1.65. The summed E-state index contributed by atoms with van der Waals surface area (Å²) in [5.74, 6) is 1.30. The van der Waals surface area contributed by atoms with E-state index in [2.05, 4.69) is 19.9 Å². The number of nitrogens with two attached hydrogens (primary N) is 1. The summed E-state index contributed by atoms with van der Waals surface area (Å²) in [6.07, 6.45) is 4.23. The zero-order valence-electron chi connectivity index (χ0n) is 9.87. The van der Waals surface area contributed by atoms with Gasteiger partial charge in [-0.25, -0.2) is 15.0 Å². The lowest BCUT2D eigenvalue weighted by Crippen LogP contribution is -2.32. The van der Waals surface area contributed by atoms with Crippen LogP contribution in [0, 0.1) is 5.92 Å². The van der Waals surface area contributed by atoms with Crippen LogP contribution in [-0.4, -0.2) is 44.9 Å². The minimum absolute atomic E-state index is 0.144. The highest BCUT2D eigenvalue weighted by atomic mass is 32.2. The molecule has 3 N–H and O–H groups in total. The van der Waals surface area contributed by atoms with Gasteiger partial charge in [0.1, 0.15) is 16.9 Å². The van der Waals surface area contributed by atoms with Crippen LogP contribution in [-0.2, 0) is 4.74 Å². The van der Waals surface area contributed by atoms with Crippen molar-refractivity contribution in [3.05, 3.63) is 12.7 Å². The van der Waals surface area contributed by atoms with Crippen LogP contribution in [0.4, 0.5) is 0 Å². The molecule has 0 spiro atoms. The molecule has 96 valence electrons. The molecule has 1 fully saturated rings. The first-order valence-corrected chi connectivity index (χ1v) is 6.93. The van der Waals surface area contributed by atoms with Crippen LogP contribution in [0.3, 0.4) is 0 Å². The van der Waals surface area contributed by atoms with Crippen molar-refractivity contribution in [1.82, 2.24) is 19.9 Å². The summed E-state index contributed by atoms with van der Waals surface area (Å²) in [4.78, 5) is 15.5. The Balaban J connectivity index is 1.67. The molecule has 6 nitrogen and oxygen atoms in total. The van der Waals surface area contributed by atoms with Crippen molar-refractivity contribution in [2.45, 2.75) is 17.5 Å². The molecule has 1 aliphatic rings. The third kappa shape index (κ3) is 2.33. The van der Waals surface area contributed by atoms with Crippen LogP contribution in [0.5, 0.6) is 0 Å². The summed E-state index contributed by atoms with van der Waals surface area (Å²) in [5.41, 5.74) is 7.76. The summed E-state index contributed by atoms with van der Waals surface area (Å²) < 4.78 is 5.36. The molecule has 0 bridgehead atoms. The van der Waals surface area contributed by atoms with Crippen molar-refractivity contribution in [2.75, 3.05) is 19.0 Å². The van der Waals surface area contributed by atoms with Gasteiger partial charge in [0.25, 0.3) is 0 Å². The molecule has 3 heterocycles. The van der Waals surface area contributed by atoms with Gasteiger partial charge in [-0.1, -0.05) is 0 Å². The summed E-state index contributed by atoms with van der Waals surface area (Å²) in [7, 11) is 0. The smallest absolute Gasteiger partial charge is 0.181 e. The second-order valence-corrected chi connectivity index (χ2v) is 5.39. The number of nitrogens with one attached hydrogen (secondary N) is 1. The number of H-pyrrole nitrogens is 1. The number of hydrogen-bond acceptors (Lipinski definition) is 6. The Morgan fingerprint density at radius 1 is 1.50 bits per heavy atom. The number of fused-ring (bicyclic) bond motifs is 1. The third-order valence-electron chi connectivity index (χ3n) is 3.17. The number of rotatable bonds is 4. The van der Waals surface area contributed by atoms with E-state index in [9.17, 15) is 0 Å². The maximum Gasteiger partial charge on any atom is 0.181 e. The Labute approximate surface area is 109 Å². The van der Waals surface area contributed by atoms with E-state index in [4.69, 9.17) is 10.5 Å². The number of thioether (sulfide) groups is 1. The molecule has 0 aromatic carbocycles. The van der Waals surface area contributed by atoms with Crippen LogP contribution in [0.25, 0.3) is 11.2 Å². The van der Waals surface area contributed by atoms with Crippen LogP contribution in [0.15, 0.2) is 17.7 Å². The molecule has 3 rings (SSSR count). The molecule has 1 aliphatic heterocycles. The molecule has 2 unspecified atom stereocenters. The van der Waals surface area contributed by atoms with Crippen molar-refractivity contribution >= 4 is 22.9 Å². The van der Waals surface area contributed by atoms with E-state index >= 15 is 0 Å². The summed E-state index contributed by atoms with van der Waals surface area (Å²) in [6.45, 7) is 1.62. The highest BCUT2D eigenvalue weighted by Gasteiger charge is 2.23. The van der Waals surface area contributed by atoms with Gasteiger partial charge in [0, 0.05) is 24.3 Å². The van der Waals surface area contributed by atoms with Gasteiger partial charge in [-0.15, -0.1) is 11.8 Å². The van der Waals surface area contributed by atoms with E-state index < -0.39 is 0 Å². The van der Waals surface area contributed by atoms with Crippen molar-refractivity contribution in [3.63, 3.8) is 0 Å². The Kier molecular flexibility index (Phi) is 3.44. The quantitative estimate of drug-likeness (QED) is 0.628. The SMILES string of the molecule is NC(CSc1ncnc2nc[nH]c12)C1CCOC1. The zero-order valence-corrected chi connectivity index (χ0v) is 10.7. The molecule has 0 aliphatic carbocycles. The van der Waals surface area contributed by atoms with E-state index in [1.807, 2.05) is 0 Å². The van der Waals surface area contributed by atoms with Crippen LogP contribution >= 0.6 is 11.8 Å². The van der Waals surface area contributed by atoms with E-state index in [0.29, 0.717) is 11.6 Å². The van der Waals surface area contributed by atoms with Gasteiger partial charge in [-0.2, -0.15) is 0 Å². The minimum Gasteiger partial charge on any atom is -0.381 e. The lowest BCUT2D eigenvalue weighted by molar-refractivity contribution is 0.182. The highest BCUT2D eigenvalue weighted by molar-refractivity contribution is 7.99. The number of hydrogen-bond donors (Lipinski definition) is 2. The lowest BCUT2D eigenvalue weighted by Gasteiger charge is -2.16. The largest absolute Gasteiger partial charge is 0.381 e. The molecular formula is C11H15N5OS. The first kappa shape index (κ1) is 11.9. The van der Waals surface area contributed by atoms with Crippen LogP contribution < -0.4 is 5.73 Å². The maximum absolute atomic E-state index is 6.18. The lowest BCUT2D eigenvalue weighted by atomic mass is 10.0. The van der Waals surface area contributed by atoms with Crippen molar-refractivity contribution < 1.29 is 4.74 Å². The Morgan fingerprint density at radius 2 is 2.44 bits per heavy atom. The van der Waals surface area contributed by atoms with Gasteiger partial charge < -0.3 is 15.5 Å². The van der Waals surface area contributed by atoms with E-state index in [1.54, 1.807) is 18.1 Å². The first-order chi connectivity index (χ1) is 8.84. The molecule has 2 atom stereocenters. The van der Waals surface area contributed by atoms with Gasteiger partial charge in [0.15, 0.2) is 5.65 Å². The molecule has 1 saturated heterocycles. The molecular weight excluding hydrogens is 250 g/mol. The second-order valence-electron chi connectivity index (χ2n) is 4.38. The number of aromatic amines is 1. The molecule has 18 heavy (non-hydrogen) atoms. The fraction of sp³-hybridized carbons (Fsp3) is 0.545. The average Bonchev–Trinajstić information content (AvgIpc) is 3.05. The molecule has 0 radical (unpaired) electrons. The molecule has 2 aromatic rings. The summed E-state index contributed by atoms with van der Waals surface area (Å²) in [6, 6.07) is 0.144. The van der Waals surface area contributed by atoms with E-state index in [1.165, 1.54) is 6.33 Å². The Hall–Kier alpha value is -1.18. The van der Waals surface area contributed by atoms with Gasteiger partial charge in [-0.05, 0) is 6.42 Å². The van der Waals surface area contributed by atoms with Gasteiger partial charge >= 0.3 is 0 Å². The van der Waals surface area contributed by atoms with Crippen LogP contribution in [0.1, 0.15) is 6.42 Å². The third-order valence-corrected chi connectivity index (χ3v) is 4.31. The number of ether oxygens (including phenoxy) is 1. The predicted molar refractivity (Wildman–Crippen MR) is 69.3 cm³/mol. The van der Waals surface area contributed by atoms with E-state index in [-0.39, 0.29) is 6.04 Å². The Morgan fingerprint density at radius 3 is 3.28 bits per heavy atom. The molecule has 0 amide bonds. The van der Waals surface area contributed by atoms with Crippen molar-refractivity contribution in [1.29, 1.82) is 0 Å². The second kappa shape index (κ2) is 5.21. The van der Waals surface area contributed by atoms with Crippen molar-refractivity contribution in [2.24, 2.45) is 11.7 Å². The zero-order chi connectivity index (χ0) is 12.4. The average molecular weight is 265 g/mol. The number of imidazole rings is 1. The molecule has 2 aromatic heterocycles. The van der Waals surface area contributed by atoms with Gasteiger partial charge in [0.2, 0.25) is 0 Å². The normalized spacial score (nSPS) is 21.5. The number of aromatic nitrogens is 4. The minimum atomic E-state index is 0.144.